The van der Waals surface area contributed by atoms with Gasteiger partial charge < -0.3 is 25.5 Å². The van der Waals surface area contributed by atoms with Gasteiger partial charge in [-0.2, -0.15) is 0 Å². The van der Waals surface area contributed by atoms with Crippen LogP contribution in [0.5, 0.6) is 5.75 Å². The number of aliphatic hydroxyl groups is 1. The maximum absolute atomic E-state index is 13.9. The molecule has 30 heavy (non-hydrogen) atoms. The van der Waals surface area contributed by atoms with Crippen LogP contribution in [-0.4, -0.2) is 53.5 Å². The number of ether oxygens (including phenoxy) is 1. The van der Waals surface area contributed by atoms with Crippen molar-refractivity contribution in [2.24, 2.45) is 10.8 Å². The number of hydrogen-bond donors (Lipinski definition) is 3. The fourth-order valence-electron chi connectivity index (χ4n) is 6.34. The molecule has 2 unspecified atom stereocenters. The molecule has 2 saturated heterocycles. The molecule has 0 radical (unpaired) electrons. The predicted octanol–water partition coefficient (Wildman–Crippen LogP) is 4.08. The molecule has 1 amide bonds. The molecule has 1 aromatic rings. The molecule has 2 aliphatic carbocycles. The molecule has 4 fully saturated rings. The molecule has 2 heterocycles. The third kappa shape index (κ3) is 3.11. The van der Waals surface area contributed by atoms with Gasteiger partial charge in [0, 0.05) is 30.4 Å². The lowest BCUT2D eigenvalue weighted by Gasteiger charge is -2.64. The number of nitrogens with zero attached hydrogens (tertiary/aromatic N) is 1. The molecule has 5 rings (SSSR count). The van der Waals surface area contributed by atoms with E-state index in [0.29, 0.717) is 34.9 Å². The number of rotatable bonds is 5. The molecular weight excluding hydrogens is 402 g/mol. The number of nitrogens with one attached hydrogen (secondary N) is 2. The Morgan fingerprint density at radius 3 is 2.40 bits per heavy atom. The van der Waals surface area contributed by atoms with Crippen molar-refractivity contribution in [2.75, 3.05) is 19.5 Å². The summed E-state index contributed by atoms with van der Waals surface area (Å²) in [7, 11) is 3.31. The third-order valence-corrected chi connectivity index (χ3v) is 7.85. The van der Waals surface area contributed by atoms with E-state index in [2.05, 4.69) is 12.2 Å². The van der Waals surface area contributed by atoms with Gasteiger partial charge >= 0.3 is 0 Å². The highest BCUT2D eigenvalue weighted by Gasteiger charge is 2.60. The molecule has 1 aromatic carbocycles. The number of benzene rings is 1. The van der Waals surface area contributed by atoms with Crippen LogP contribution in [0.3, 0.4) is 0 Å². The van der Waals surface area contributed by atoms with Crippen LogP contribution in [0.25, 0.3) is 0 Å². The second-order valence-corrected chi connectivity index (χ2v) is 10.7. The zero-order valence-electron chi connectivity index (χ0n) is 18.4. The number of anilines is 1. The number of halogens is 1. The number of methoxy groups -OCH3 is 1. The van der Waals surface area contributed by atoms with E-state index in [1.54, 1.807) is 27.0 Å². The zero-order chi connectivity index (χ0) is 22.1. The number of carbonyl (C=O) groups is 1. The van der Waals surface area contributed by atoms with Gasteiger partial charge in [0.2, 0.25) is 5.91 Å². The normalized spacial score (nSPS) is 32.3. The summed E-state index contributed by atoms with van der Waals surface area (Å²) < 4.78 is 5.34. The molecular formula is C23H32ClN3O3. The average Bonchev–Trinajstić information content (AvgIpc) is 2.64. The number of amides is 1. The predicted molar refractivity (Wildman–Crippen MR) is 119 cm³/mol. The van der Waals surface area contributed by atoms with E-state index in [0.717, 1.165) is 19.3 Å². The highest BCUT2D eigenvalue weighted by molar-refractivity contribution is 6.37. The first-order chi connectivity index (χ1) is 13.9. The summed E-state index contributed by atoms with van der Waals surface area (Å²) in [6, 6.07) is 3.63. The summed E-state index contributed by atoms with van der Waals surface area (Å²) in [5.74, 6) is 0.415. The first-order valence-electron chi connectivity index (χ1n) is 10.6. The van der Waals surface area contributed by atoms with Crippen LogP contribution in [0.1, 0.15) is 58.4 Å². The second kappa shape index (κ2) is 6.86. The molecule has 2 aliphatic heterocycles. The minimum atomic E-state index is -1.07. The van der Waals surface area contributed by atoms with Crippen molar-refractivity contribution in [1.82, 2.24) is 4.90 Å². The standard InChI is InChI=1S/C23H32ClN3O3/c1-21(2,19(25)17-15(26-4)6-7-16(30-5)18(17)24)20(28)27-13-8-22(3)9-14(27)11-23(29,10-13)12-22/h6-7,13-14,25-26,29H,8-12H2,1-5H3. The van der Waals surface area contributed by atoms with E-state index in [4.69, 9.17) is 21.7 Å². The summed E-state index contributed by atoms with van der Waals surface area (Å²) in [6.45, 7) is 5.84. The first-order valence-corrected chi connectivity index (χ1v) is 11.0. The van der Waals surface area contributed by atoms with Crippen LogP contribution >= 0.6 is 11.6 Å². The Kier molecular flexibility index (Phi) is 4.90. The Labute approximate surface area is 183 Å². The van der Waals surface area contributed by atoms with Gasteiger partial charge in [-0.3, -0.25) is 4.79 Å². The van der Waals surface area contributed by atoms with Crippen molar-refractivity contribution in [2.45, 2.75) is 70.6 Å². The highest BCUT2D eigenvalue weighted by atomic mass is 35.5. The molecule has 0 aromatic heterocycles. The summed E-state index contributed by atoms with van der Waals surface area (Å²) in [5.41, 5.74) is -0.268. The maximum Gasteiger partial charge on any atom is 0.234 e. The Balaban J connectivity index is 1.68. The van der Waals surface area contributed by atoms with Gasteiger partial charge in [0.1, 0.15) is 5.75 Å². The SMILES string of the molecule is CNc1ccc(OC)c(Cl)c1C(=N)C(C)(C)C(=O)N1C2CC3(C)CC1CC(O)(C2)C3. The van der Waals surface area contributed by atoms with E-state index in [1.807, 2.05) is 11.0 Å². The average molecular weight is 434 g/mol. The first kappa shape index (κ1) is 21.4. The van der Waals surface area contributed by atoms with Crippen molar-refractivity contribution in [3.05, 3.63) is 22.7 Å². The Morgan fingerprint density at radius 2 is 1.90 bits per heavy atom. The van der Waals surface area contributed by atoms with Crippen molar-refractivity contribution < 1.29 is 14.6 Å². The van der Waals surface area contributed by atoms with Crippen LogP contribution in [0.15, 0.2) is 12.1 Å². The van der Waals surface area contributed by atoms with E-state index in [1.165, 1.54) is 7.11 Å². The van der Waals surface area contributed by atoms with E-state index in [-0.39, 0.29) is 29.1 Å². The summed E-state index contributed by atoms with van der Waals surface area (Å²) in [5, 5.41) is 23.4. The lowest BCUT2D eigenvalue weighted by atomic mass is 9.54. The fraction of sp³-hybridized carbons (Fsp3) is 0.652. The Morgan fingerprint density at radius 1 is 1.30 bits per heavy atom. The molecule has 7 heteroatoms. The molecule has 6 nitrogen and oxygen atoms in total. The fourth-order valence-corrected chi connectivity index (χ4v) is 6.68. The highest BCUT2D eigenvalue weighted by Crippen LogP contribution is 2.58. The molecule has 164 valence electrons. The van der Waals surface area contributed by atoms with Crippen LogP contribution in [0.2, 0.25) is 5.02 Å². The molecule has 0 spiro atoms. The van der Waals surface area contributed by atoms with Crippen LogP contribution in [0.4, 0.5) is 5.69 Å². The van der Waals surface area contributed by atoms with Gasteiger partial charge in [0.15, 0.2) is 0 Å². The third-order valence-electron chi connectivity index (χ3n) is 7.47. The Hall–Kier alpha value is -1.79. The van der Waals surface area contributed by atoms with Crippen molar-refractivity contribution in [3.8, 4) is 5.75 Å². The summed E-state index contributed by atoms with van der Waals surface area (Å²) >= 11 is 6.58. The minimum Gasteiger partial charge on any atom is -0.495 e. The van der Waals surface area contributed by atoms with E-state index < -0.39 is 11.0 Å². The van der Waals surface area contributed by atoms with Gasteiger partial charge in [-0.15, -0.1) is 0 Å². The van der Waals surface area contributed by atoms with E-state index in [9.17, 15) is 9.90 Å². The second-order valence-electron chi connectivity index (χ2n) is 10.3. The Bertz CT molecular complexity index is 877. The molecule has 2 saturated carbocycles. The van der Waals surface area contributed by atoms with Crippen molar-refractivity contribution in [1.29, 1.82) is 5.41 Å². The quantitative estimate of drug-likeness (QED) is 0.611. The van der Waals surface area contributed by atoms with Crippen molar-refractivity contribution >= 4 is 28.9 Å². The monoisotopic (exact) mass is 433 g/mol. The zero-order valence-corrected chi connectivity index (χ0v) is 19.2. The molecule has 4 bridgehead atoms. The lowest BCUT2D eigenvalue weighted by Crippen LogP contribution is -2.70. The topological polar surface area (TPSA) is 85.7 Å². The number of piperidine rings is 2. The molecule has 2 atom stereocenters. The van der Waals surface area contributed by atoms with Gasteiger partial charge in [-0.1, -0.05) is 18.5 Å². The van der Waals surface area contributed by atoms with Gasteiger partial charge in [0.05, 0.1) is 28.9 Å². The molecule has 3 N–H and O–H groups in total. The number of hydrogen-bond acceptors (Lipinski definition) is 5. The maximum atomic E-state index is 13.9. The lowest BCUT2D eigenvalue weighted by molar-refractivity contribution is -0.196. The van der Waals surface area contributed by atoms with Crippen LogP contribution < -0.4 is 10.1 Å². The van der Waals surface area contributed by atoms with Crippen LogP contribution in [-0.2, 0) is 4.79 Å². The molecule has 4 aliphatic rings. The van der Waals surface area contributed by atoms with Crippen LogP contribution in [0, 0.1) is 16.2 Å². The minimum absolute atomic E-state index is 0.0328. The number of carbonyl (C=O) groups excluding carboxylic acids is 1. The van der Waals surface area contributed by atoms with Gasteiger partial charge in [-0.05, 0) is 63.5 Å². The largest absolute Gasteiger partial charge is 0.495 e. The van der Waals surface area contributed by atoms with E-state index >= 15 is 0 Å². The summed E-state index contributed by atoms with van der Waals surface area (Å²) in [4.78, 5) is 15.8. The van der Waals surface area contributed by atoms with Gasteiger partial charge in [-0.25, -0.2) is 0 Å². The van der Waals surface area contributed by atoms with Crippen molar-refractivity contribution in [3.63, 3.8) is 0 Å². The summed E-state index contributed by atoms with van der Waals surface area (Å²) in [6.07, 6.45) is 3.94. The van der Waals surface area contributed by atoms with Gasteiger partial charge in [0.25, 0.3) is 0 Å². The smallest absolute Gasteiger partial charge is 0.234 e.